The molecule has 0 amide bonds. The molecule has 6 heteroatoms. The molecule has 1 aromatic carbocycles. The molecule has 0 saturated carbocycles. The highest BCUT2D eigenvalue weighted by atomic mass is 35.5. The minimum Gasteiger partial charge on any atom is -0.481 e. The van der Waals surface area contributed by atoms with Crippen molar-refractivity contribution in [2.45, 2.75) is 25.8 Å². The van der Waals surface area contributed by atoms with Crippen LogP contribution in [-0.2, 0) is 16.1 Å². The SMILES string of the molecule is Cl.O=C(O)CC1(C(=O)O)CCN(Cc2ccccc2)CC1. The lowest BCUT2D eigenvalue weighted by Gasteiger charge is -2.38. The number of carboxylic acids is 2. The number of hydrogen-bond acceptors (Lipinski definition) is 3. The molecule has 1 aliphatic rings. The van der Waals surface area contributed by atoms with Crippen LogP contribution in [0.5, 0.6) is 0 Å². The zero-order chi connectivity index (χ0) is 14.6. The zero-order valence-corrected chi connectivity index (χ0v) is 12.5. The smallest absolute Gasteiger partial charge is 0.310 e. The van der Waals surface area contributed by atoms with Gasteiger partial charge in [0.05, 0.1) is 11.8 Å². The fourth-order valence-corrected chi connectivity index (χ4v) is 2.74. The van der Waals surface area contributed by atoms with Crippen LogP contribution >= 0.6 is 12.4 Å². The van der Waals surface area contributed by atoms with E-state index in [2.05, 4.69) is 4.90 Å². The van der Waals surface area contributed by atoms with Gasteiger partial charge in [-0.15, -0.1) is 12.4 Å². The van der Waals surface area contributed by atoms with Crippen molar-refractivity contribution in [2.75, 3.05) is 13.1 Å². The van der Waals surface area contributed by atoms with E-state index in [1.165, 1.54) is 5.56 Å². The van der Waals surface area contributed by atoms with E-state index < -0.39 is 17.4 Å². The molecule has 0 unspecified atom stereocenters. The molecule has 1 aliphatic heterocycles. The molecule has 0 spiro atoms. The highest BCUT2D eigenvalue weighted by molar-refractivity contribution is 5.85. The van der Waals surface area contributed by atoms with Gasteiger partial charge in [0.25, 0.3) is 0 Å². The molecule has 0 bridgehead atoms. The van der Waals surface area contributed by atoms with Gasteiger partial charge in [0.1, 0.15) is 0 Å². The maximum Gasteiger partial charge on any atom is 0.310 e. The Kier molecular flexibility index (Phi) is 6.18. The number of nitrogens with zero attached hydrogens (tertiary/aromatic N) is 1. The Labute approximate surface area is 130 Å². The lowest BCUT2D eigenvalue weighted by molar-refractivity contribution is -0.159. The minimum absolute atomic E-state index is 0. The van der Waals surface area contributed by atoms with Crippen molar-refractivity contribution in [3.05, 3.63) is 35.9 Å². The topological polar surface area (TPSA) is 77.8 Å². The van der Waals surface area contributed by atoms with Crippen LogP contribution in [0.15, 0.2) is 30.3 Å². The largest absolute Gasteiger partial charge is 0.481 e. The number of carbonyl (C=O) groups is 2. The van der Waals surface area contributed by atoms with E-state index in [-0.39, 0.29) is 18.8 Å². The average Bonchev–Trinajstić information content (AvgIpc) is 2.41. The Balaban J connectivity index is 0.00000220. The van der Waals surface area contributed by atoms with E-state index in [1.54, 1.807) is 0 Å². The van der Waals surface area contributed by atoms with E-state index in [9.17, 15) is 14.7 Å². The average molecular weight is 314 g/mol. The summed E-state index contributed by atoms with van der Waals surface area (Å²) in [5.74, 6) is -2.02. The van der Waals surface area contributed by atoms with Crippen LogP contribution in [0.2, 0.25) is 0 Å². The minimum atomic E-state index is -1.10. The first-order valence-electron chi connectivity index (χ1n) is 6.73. The molecular formula is C15H20ClNO4. The van der Waals surface area contributed by atoms with Gasteiger partial charge in [-0.25, -0.2) is 0 Å². The second-order valence-electron chi connectivity index (χ2n) is 5.42. The molecule has 2 rings (SSSR count). The van der Waals surface area contributed by atoms with E-state index in [4.69, 9.17) is 5.11 Å². The molecule has 0 aliphatic carbocycles. The third-order valence-electron chi connectivity index (χ3n) is 4.01. The molecule has 0 radical (unpaired) electrons. The van der Waals surface area contributed by atoms with Crippen molar-refractivity contribution in [1.82, 2.24) is 4.90 Å². The molecule has 1 aromatic rings. The van der Waals surface area contributed by atoms with Gasteiger partial charge in [-0.1, -0.05) is 30.3 Å². The summed E-state index contributed by atoms with van der Waals surface area (Å²) in [6, 6.07) is 9.99. The Morgan fingerprint density at radius 1 is 1.10 bits per heavy atom. The van der Waals surface area contributed by atoms with Crippen molar-refractivity contribution in [3.8, 4) is 0 Å². The number of piperidine rings is 1. The van der Waals surface area contributed by atoms with E-state index in [1.807, 2.05) is 30.3 Å². The third-order valence-corrected chi connectivity index (χ3v) is 4.01. The Morgan fingerprint density at radius 3 is 2.14 bits per heavy atom. The number of aliphatic carboxylic acids is 2. The second-order valence-corrected chi connectivity index (χ2v) is 5.42. The molecule has 5 nitrogen and oxygen atoms in total. The second kappa shape index (κ2) is 7.43. The lowest BCUT2D eigenvalue weighted by Crippen LogP contribution is -2.45. The highest BCUT2D eigenvalue weighted by Crippen LogP contribution is 2.35. The summed E-state index contributed by atoms with van der Waals surface area (Å²) < 4.78 is 0. The fourth-order valence-electron chi connectivity index (χ4n) is 2.74. The lowest BCUT2D eigenvalue weighted by atomic mass is 9.75. The molecule has 2 N–H and O–H groups in total. The summed E-state index contributed by atoms with van der Waals surface area (Å²) in [4.78, 5) is 24.4. The van der Waals surface area contributed by atoms with Gasteiger partial charge in [-0.05, 0) is 31.5 Å². The van der Waals surface area contributed by atoms with Gasteiger partial charge >= 0.3 is 11.9 Å². The molecule has 1 saturated heterocycles. The monoisotopic (exact) mass is 313 g/mol. The number of hydrogen-bond donors (Lipinski definition) is 2. The van der Waals surface area contributed by atoms with E-state index in [0.717, 1.165) is 6.54 Å². The van der Waals surface area contributed by atoms with Gasteiger partial charge in [0.2, 0.25) is 0 Å². The number of rotatable bonds is 5. The summed E-state index contributed by atoms with van der Waals surface area (Å²) in [5, 5.41) is 18.2. The molecule has 0 atom stereocenters. The fraction of sp³-hybridized carbons (Fsp3) is 0.467. The van der Waals surface area contributed by atoms with Crippen LogP contribution in [0.4, 0.5) is 0 Å². The van der Waals surface area contributed by atoms with E-state index in [0.29, 0.717) is 25.9 Å². The maximum atomic E-state index is 11.4. The standard InChI is InChI=1S/C15H19NO4.ClH/c17-13(18)10-15(14(19)20)6-8-16(9-7-15)11-12-4-2-1-3-5-12;/h1-5H,6-11H2,(H,17,18)(H,19,20);1H. The first-order valence-corrected chi connectivity index (χ1v) is 6.73. The number of benzene rings is 1. The Morgan fingerprint density at radius 2 is 1.67 bits per heavy atom. The van der Waals surface area contributed by atoms with Crippen LogP contribution in [0, 0.1) is 5.41 Å². The van der Waals surface area contributed by atoms with Gasteiger partial charge in [0, 0.05) is 6.54 Å². The van der Waals surface area contributed by atoms with Gasteiger partial charge in [-0.2, -0.15) is 0 Å². The van der Waals surface area contributed by atoms with Gasteiger partial charge < -0.3 is 10.2 Å². The summed E-state index contributed by atoms with van der Waals surface area (Å²) in [5.41, 5.74) is 0.0903. The van der Waals surface area contributed by atoms with E-state index >= 15 is 0 Å². The summed E-state index contributed by atoms with van der Waals surface area (Å²) >= 11 is 0. The molecule has 0 aromatic heterocycles. The van der Waals surface area contributed by atoms with Crippen molar-refractivity contribution >= 4 is 24.3 Å². The third kappa shape index (κ3) is 4.44. The quantitative estimate of drug-likeness (QED) is 0.871. The number of carboxylic acid groups (broad SMARTS) is 2. The van der Waals surface area contributed by atoms with Crippen LogP contribution in [0.1, 0.15) is 24.8 Å². The van der Waals surface area contributed by atoms with Crippen molar-refractivity contribution in [2.24, 2.45) is 5.41 Å². The first kappa shape index (κ1) is 17.5. The predicted octanol–water partition coefficient (Wildman–Crippen LogP) is 2.25. The summed E-state index contributed by atoms with van der Waals surface area (Å²) in [6.07, 6.45) is 0.491. The molecule has 21 heavy (non-hydrogen) atoms. The van der Waals surface area contributed by atoms with Crippen molar-refractivity contribution < 1.29 is 19.8 Å². The Bertz CT molecular complexity index is 484. The maximum absolute atomic E-state index is 11.4. The van der Waals surface area contributed by atoms with Gasteiger partial charge in [0.15, 0.2) is 0 Å². The molecule has 116 valence electrons. The number of halogens is 1. The summed E-state index contributed by atoms with van der Waals surface area (Å²) in [7, 11) is 0. The zero-order valence-electron chi connectivity index (χ0n) is 11.7. The van der Waals surface area contributed by atoms with Crippen LogP contribution in [0.3, 0.4) is 0 Å². The van der Waals surface area contributed by atoms with Crippen molar-refractivity contribution in [1.29, 1.82) is 0 Å². The predicted molar refractivity (Wildman–Crippen MR) is 80.5 cm³/mol. The van der Waals surface area contributed by atoms with Crippen LogP contribution < -0.4 is 0 Å². The summed E-state index contributed by atoms with van der Waals surface area (Å²) in [6.45, 7) is 2.02. The number of likely N-dealkylation sites (tertiary alicyclic amines) is 1. The van der Waals surface area contributed by atoms with Gasteiger partial charge in [-0.3, -0.25) is 14.5 Å². The molecule has 1 heterocycles. The molecule has 1 fully saturated rings. The van der Waals surface area contributed by atoms with Crippen LogP contribution in [-0.4, -0.2) is 40.1 Å². The highest BCUT2D eigenvalue weighted by Gasteiger charge is 2.43. The Hall–Kier alpha value is -1.59. The first-order chi connectivity index (χ1) is 9.52. The van der Waals surface area contributed by atoms with Crippen molar-refractivity contribution in [3.63, 3.8) is 0 Å². The normalized spacial score (nSPS) is 17.7. The van der Waals surface area contributed by atoms with Crippen LogP contribution in [0.25, 0.3) is 0 Å². The molecular weight excluding hydrogens is 294 g/mol.